The van der Waals surface area contributed by atoms with Crippen LogP contribution in [0.2, 0.25) is 0 Å². The molecule has 0 aliphatic rings. The number of imidazole rings is 1. The highest BCUT2D eigenvalue weighted by Gasteiger charge is 2.08. The van der Waals surface area contributed by atoms with E-state index < -0.39 is 0 Å². The Morgan fingerprint density at radius 1 is 1.24 bits per heavy atom. The fourth-order valence-corrected chi connectivity index (χ4v) is 1.58. The zero-order chi connectivity index (χ0) is 12.1. The molecule has 2 aromatic heterocycles. The minimum absolute atomic E-state index is 0.694. The van der Waals surface area contributed by atoms with Crippen LogP contribution in [0, 0.1) is 0 Å². The van der Waals surface area contributed by atoms with E-state index >= 15 is 0 Å². The van der Waals surface area contributed by atoms with Crippen LogP contribution >= 0.6 is 0 Å². The molecular weight excluding hydrogens is 214 g/mol. The van der Waals surface area contributed by atoms with Crippen LogP contribution in [-0.2, 0) is 6.54 Å². The molecule has 2 heterocycles. The van der Waals surface area contributed by atoms with Crippen molar-refractivity contribution in [3.8, 4) is 0 Å². The van der Waals surface area contributed by atoms with Crippen LogP contribution in [0.1, 0.15) is 6.42 Å². The monoisotopic (exact) mass is 229 g/mol. The molecule has 5 nitrogen and oxygen atoms in total. The van der Waals surface area contributed by atoms with Crippen molar-refractivity contribution in [2.45, 2.75) is 13.0 Å². The minimum atomic E-state index is 0.694. The summed E-state index contributed by atoms with van der Waals surface area (Å²) in [7, 11) is 0. The Morgan fingerprint density at radius 2 is 2.12 bits per heavy atom. The van der Waals surface area contributed by atoms with E-state index in [1.54, 1.807) is 12.7 Å². The number of nitrogens with one attached hydrogen (secondary N) is 1. The van der Waals surface area contributed by atoms with Crippen LogP contribution in [-0.4, -0.2) is 26.1 Å². The zero-order valence-electron chi connectivity index (χ0n) is 9.63. The van der Waals surface area contributed by atoms with Gasteiger partial charge in [0.1, 0.15) is 11.8 Å². The first-order valence-electron chi connectivity index (χ1n) is 5.48. The zero-order valence-corrected chi connectivity index (χ0v) is 9.63. The average Bonchev–Trinajstić information content (AvgIpc) is 2.75. The van der Waals surface area contributed by atoms with Gasteiger partial charge in [0.2, 0.25) is 0 Å². The lowest BCUT2D eigenvalue weighted by Gasteiger charge is -2.04. The summed E-state index contributed by atoms with van der Waals surface area (Å²) in [6.07, 6.45) is 7.86. The molecule has 0 aromatic carbocycles. The van der Waals surface area contributed by atoms with E-state index in [2.05, 4.69) is 33.4 Å². The van der Waals surface area contributed by atoms with Crippen molar-refractivity contribution in [1.29, 1.82) is 0 Å². The van der Waals surface area contributed by atoms with Crippen molar-refractivity contribution < 1.29 is 0 Å². The Hall–Kier alpha value is -2.17. The summed E-state index contributed by atoms with van der Waals surface area (Å²) in [5.41, 5.74) is 1.61. The summed E-state index contributed by atoms with van der Waals surface area (Å²) in [4.78, 5) is 12.7. The van der Waals surface area contributed by atoms with Crippen molar-refractivity contribution in [2.75, 3.05) is 11.9 Å². The van der Waals surface area contributed by atoms with E-state index in [-0.39, 0.29) is 0 Å². The molecule has 0 bridgehead atoms. The van der Waals surface area contributed by atoms with Gasteiger partial charge in [0, 0.05) is 13.1 Å². The van der Waals surface area contributed by atoms with Gasteiger partial charge in [-0.05, 0) is 6.42 Å². The summed E-state index contributed by atoms with van der Waals surface area (Å²) < 4.78 is 1.93. The minimum Gasteiger partial charge on any atom is -0.368 e. The van der Waals surface area contributed by atoms with Crippen molar-refractivity contribution in [3.63, 3.8) is 0 Å². The Balaban J connectivity index is 2.30. The summed E-state index contributed by atoms with van der Waals surface area (Å²) in [6.45, 7) is 8.88. The Kier molecular flexibility index (Phi) is 3.49. The van der Waals surface area contributed by atoms with Gasteiger partial charge in [-0.25, -0.2) is 15.0 Å². The quantitative estimate of drug-likeness (QED) is 0.608. The first-order valence-corrected chi connectivity index (χ1v) is 5.48. The van der Waals surface area contributed by atoms with Gasteiger partial charge in [0.05, 0.1) is 6.33 Å². The fraction of sp³-hybridized carbons (Fsp3) is 0.250. The number of allylic oxidation sites excluding steroid dienone is 1. The third-order valence-corrected chi connectivity index (χ3v) is 2.37. The van der Waals surface area contributed by atoms with Crippen LogP contribution in [0.5, 0.6) is 0 Å². The fourth-order valence-electron chi connectivity index (χ4n) is 1.58. The molecule has 0 fully saturated rings. The number of rotatable bonds is 6. The maximum absolute atomic E-state index is 4.32. The molecule has 2 rings (SSSR count). The molecule has 17 heavy (non-hydrogen) atoms. The van der Waals surface area contributed by atoms with Gasteiger partial charge in [-0.3, -0.25) is 0 Å². The largest absolute Gasteiger partial charge is 0.368 e. The topological polar surface area (TPSA) is 55.6 Å². The summed E-state index contributed by atoms with van der Waals surface area (Å²) in [5.74, 6) is 0.764. The highest BCUT2D eigenvalue weighted by Crippen LogP contribution is 2.17. The molecule has 2 aromatic rings. The van der Waals surface area contributed by atoms with Crippen LogP contribution in [0.4, 0.5) is 5.82 Å². The number of anilines is 1. The second-order valence-electron chi connectivity index (χ2n) is 3.58. The van der Waals surface area contributed by atoms with Crippen LogP contribution < -0.4 is 5.32 Å². The molecule has 0 aliphatic heterocycles. The molecule has 0 saturated heterocycles. The third-order valence-electron chi connectivity index (χ3n) is 2.37. The molecule has 0 saturated carbocycles. The highest BCUT2D eigenvalue weighted by atomic mass is 15.1. The van der Waals surface area contributed by atoms with Gasteiger partial charge >= 0.3 is 0 Å². The average molecular weight is 229 g/mol. The summed E-state index contributed by atoms with van der Waals surface area (Å²) in [5, 5.41) is 3.22. The third kappa shape index (κ3) is 2.33. The smallest absolute Gasteiger partial charge is 0.165 e. The van der Waals surface area contributed by atoms with Gasteiger partial charge in [-0.15, -0.1) is 13.2 Å². The Morgan fingerprint density at radius 3 is 2.88 bits per heavy atom. The number of fused-ring (bicyclic) bond motifs is 1. The number of hydrogen-bond donors (Lipinski definition) is 1. The second kappa shape index (κ2) is 5.25. The standard InChI is InChI=1S/C12H15N5/c1-3-5-6-13-11-10-12(15-8-14-11)17(7-4-2)9-16-10/h3-4,8-9H,1-2,5-7H2,(H,13,14,15). The first-order chi connectivity index (χ1) is 8.36. The lowest BCUT2D eigenvalue weighted by atomic mass is 10.4. The molecule has 0 spiro atoms. The lowest BCUT2D eigenvalue weighted by molar-refractivity contribution is 0.838. The molecule has 0 atom stereocenters. The summed E-state index contributed by atoms with van der Waals surface area (Å²) >= 11 is 0. The van der Waals surface area contributed by atoms with E-state index in [9.17, 15) is 0 Å². The molecular formula is C12H15N5. The van der Waals surface area contributed by atoms with E-state index in [0.29, 0.717) is 6.54 Å². The van der Waals surface area contributed by atoms with Gasteiger partial charge in [-0.1, -0.05) is 12.2 Å². The molecule has 88 valence electrons. The molecule has 5 heteroatoms. The van der Waals surface area contributed by atoms with E-state index in [4.69, 9.17) is 0 Å². The maximum Gasteiger partial charge on any atom is 0.165 e. The molecule has 0 aliphatic carbocycles. The second-order valence-corrected chi connectivity index (χ2v) is 3.58. The number of hydrogen-bond acceptors (Lipinski definition) is 4. The van der Waals surface area contributed by atoms with Gasteiger partial charge in [-0.2, -0.15) is 0 Å². The van der Waals surface area contributed by atoms with Crippen molar-refractivity contribution in [3.05, 3.63) is 38.0 Å². The number of aromatic nitrogens is 4. The van der Waals surface area contributed by atoms with Gasteiger partial charge < -0.3 is 9.88 Å². The lowest BCUT2D eigenvalue weighted by Crippen LogP contribution is -2.04. The van der Waals surface area contributed by atoms with Crippen molar-refractivity contribution in [1.82, 2.24) is 19.5 Å². The van der Waals surface area contributed by atoms with E-state index in [1.165, 1.54) is 0 Å². The van der Waals surface area contributed by atoms with E-state index in [1.807, 2.05) is 16.7 Å². The number of nitrogens with zero attached hydrogens (tertiary/aromatic N) is 4. The normalized spacial score (nSPS) is 10.4. The maximum atomic E-state index is 4.32. The van der Waals surface area contributed by atoms with Gasteiger partial charge in [0.15, 0.2) is 11.5 Å². The first kappa shape index (κ1) is 11.3. The van der Waals surface area contributed by atoms with Crippen LogP contribution in [0.3, 0.4) is 0 Å². The highest BCUT2D eigenvalue weighted by molar-refractivity contribution is 5.82. The van der Waals surface area contributed by atoms with E-state index in [0.717, 1.165) is 29.9 Å². The molecule has 0 unspecified atom stereocenters. The molecule has 0 amide bonds. The van der Waals surface area contributed by atoms with Crippen LogP contribution in [0.25, 0.3) is 11.2 Å². The Labute approximate surface area is 99.9 Å². The molecule has 0 radical (unpaired) electrons. The van der Waals surface area contributed by atoms with Gasteiger partial charge in [0.25, 0.3) is 0 Å². The predicted molar refractivity (Wildman–Crippen MR) is 68.8 cm³/mol. The predicted octanol–water partition coefficient (Wildman–Crippen LogP) is 2.00. The van der Waals surface area contributed by atoms with Crippen molar-refractivity contribution in [2.24, 2.45) is 0 Å². The Bertz CT molecular complexity index is 529. The van der Waals surface area contributed by atoms with Crippen molar-refractivity contribution >= 4 is 17.0 Å². The molecule has 1 N–H and O–H groups in total. The summed E-state index contributed by atoms with van der Waals surface area (Å²) in [6, 6.07) is 0. The van der Waals surface area contributed by atoms with Crippen LogP contribution in [0.15, 0.2) is 38.0 Å². The SMILES string of the molecule is C=CCCNc1ncnc2c1ncn2CC=C.